The topological polar surface area (TPSA) is 77.8 Å². The lowest BCUT2D eigenvalue weighted by molar-refractivity contribution is -0.165. The summed E-state index contributed by atoms with van der Waals surface area (Å²) in [6, 6.07) is 7.95. The van der Waals surface area contributed by atoms with Crippen LogP contribution in [0, 0.1) is 0 Å². The molecule has 0 bridgehead atoms. The molecule has 0 radical (unpaired) electrons. The highest BCUT2D eigenvalue weighted by atomic mass is 127. The number of cyclic esters (lactones) is 1. The maximum absolute atomic E-state index is 12.4. The van der Waals surface area contributed by atoms with Gasteiger partial charge in [-0.1, -0.05) is 42.0 Å². The molecule has 2 unspecified atom stereocenters. The number of carbonyl (C=O) groups is 2. The monoisotopic (exact) mass is 497 g/mol. The Hall–Kier alpha value is -1.87. The van der Waals surface area contributed by atoms with E-state index in [0.29, 0.717) is 5.57 Å². The first-order valence-corrected chi connectivity index (χ1v) is 10.5. The van der Waals surface area contributed by atoms with Crippen molar-refractivity contribution < 1.29 is 24.2 Å². The van der Waals surface area contributed by atoms with Gasteiger partial charge in [0.1, 0.15) is 10.5 Å². The maximum atomic E-state index is 12.4. The number of rotatable bonds is 7. The third-order valence-corrected chi connectivity index (χ3v) is 6.03. The minimum atomic E-state index is -1.21. The molecule has 28 heavy (non-hydrogen) atoms. The SMILES string of the molecule is CCCC(I)C(=O)OCC1(CO)C/C(=C\c2ccc3c(ccn3C)c2)C(=O)O1. The van der Waals surface area contributed by atoms with E-state index in [9.17, 15) is 14.7 Å². The van der Waals surface area contributed by atoms with Crippen LogP contribution in [0.3, 0.4) is 0 Å². The summed E-state index contributed by atoms with van der Waals surface area (Å²) >= 11 is 2.04. The molecule has 6 nitrogen and oxygen atoms in total. The summed E-state index contributed by atoms with van der Waals surface area (Å²) in [5.41, 5.74) is 1.23. The van der Waals surface area contributed by atoms with Crippen molar-refractivity contribution in [2.45, 2.75) is 35.7 Å². The summed E-state index contributed by atoms with van der Waals surface area (Å²) in [5.74, 6) is -0.837. The normalized spacial score (nSPS) is 21.9. The molecule has 0 spiro atoms. The van der Waals surface area contributed by atoms with Crippen molar-refractivity contribution in [1.82, 2.24) is 4.57 Å². The van der Waals surface area contributed by atoms with Crippen molar-refractivity contribution in [2.24, 2.45) is 7.05 Å². The zero-order chi connectivity index (χ0) is 20.3. The van der Waals surface area contributed by atoms with Gasteiger partial charge in [-0.05, 0) is 36.3 Å². The van der Waals surface area contributed by atoms with Crippen LogP contribution in [-0.4, -0.2) is 44.4 Å². The van der Waals surface area contributed by atoms with E-state index in [2.05, 4.69) is 0 Å². The number of fused-ring (bicyclic) bond motifs is 1. The Kier molecular flexibility index (Phi) is 6.44. The minimum absolute atomic E-state index is 0.146. The molecule has 150 valence electrons. The van der Waals surface area contributed by atoms with Crippen molar-refractivity contribution in [1.29, 1.82) is 0 Å². The number of alkyl halides is 1. The van der Waals surface area contributed by atoms with E-state index in [1.165, 1.54) is 0 Å². The number of carbonyl (C=O) groups excluding carboxylic acids is 2. The largest absolute Gasteiger partial charge is 0.461 e. The summed E-state index contributed by atoms with van der Waals surface area (Å²) in [6.07, 6.45) is 5.55. The Morgan fingerprint density at radius 1 is 1.46 bits per heavy atom. The predicted octanol–water partition coefficient (Wildman–Crippen LogP) is 3.39. The average molecular weight is 497 g/mol. The Labute approximate surface area is 177 Å². The third kappa shape index (κ3) is 4.41. The first kappa shape index (κ1) is 20.9. The van der Waals surface area contributed by atoms with Gasteiger partial charge in [-0.3, -0.25) is 4.79 Å². The van der Waals surface area contributed by atoms with E-state index in [1.54, 1.807) is 6.08 Å². The van der Waals surface area contributed by atoms with Crippen molar-refractivity contribution >= 4 is 51.5 Å². The summed E-state index contributed by atoms with van der Waals surface area (Å²) in [7, 11) is 1.98. The number of aliphatic hydroxyl groups excluding tert-OH is 1. The molecule has 1 aliphatic rings. The van der Waals surface area contributed by atoms with Gasteiger partial charge in [0.15, 0.2) is 5.60 Å². The lowest BCUT2D eigenvalue weighted by atomic mass is 9.97. The second-order valence-corrected chi connectivity index (χ2v) is 8.69. The molecule has 0 amide bonds. The number of esters is 2. The number of aryl methyl sites for hydroxylation is 1. The molecule has 1 saturated heterocycles. The highest BCUT2D eigenvalue weighted by molar-refractivity contribution is 14.1. The van der Waals surface area contributed by atoms with Crippen molar-refractivity contribution in [3.05, 3.63) is 41.6 Å². The second kappa shape index (κ2) is 8.65. The van der Waals surface area contributed by atoms with Gasteiger partial charge in [-0.2, -0.15) is 0 Å². The number of nitrogens with zero attached hydrogens (tertiary/aromatic N) is 1. The van der Waals surface area contributed by atoms with Gasteiger partial charge >= 0.3 is 11.9 Å². The van der Waals surface area contributed by atoms with E-state index in [1.807, 2.05) is 71.6 Å². The third-order valence-electron chi connectivity index (χ3n) is 4.90. The van der Waals surface area contributed by atoms with Crippen LogP contribution in [0.2, 0.25) is 0 Å². The van der Waals surface area contributed by atoms with E-state index in [-0.39, 0.29) is 22.9 Å². The fourth-order valence-electron chi connectivity index (χ4n) is 3.30. The highest BCUT2D eigenvalue weighted by Crippen LogP contribution is 2.33. The molecule has 3 rings (SSSR count). The molecule has 1 fully saturated rings. The van der Waals surface area contributed by atoms with Gasteiger partial charge in [0, 0.05) is 36.1 Å². The van der Waals surface area contributed by atoms with Crippen LogP contribution in [-0.2, 0) is 26.1 Å². The Morgan fingerprint density at radius 3 is 2.96 bits per heavy atom. The van der Waals surface area contributed by atoms with Crippen LogP contribution in [0.15, 0.2) is 36.0 Å². The van der Waals surface area contributed by atoms with Crippen molar-refractivity contribution in [3.8, 4) is 0 Å². The fourth-order valence-corrected chi connectivity index (χ4v) is 4.10. The number of aliphatic hydroxyl groups is 1. The standard InChI is InChI=1S/C21H24INO5/c1-3-4-17(22)20(26)27-13-21(12-24)11-16(19(25)28-21)10-14-5-6-18-15(9-14)7-8-23(18)2/h5-10,17,24H,3-4,11-13H2,1-2H3/b16-10+. The number of hydrogen-bond acceptors (Lipinski definition) is 5. The van der Waals surface area contributed by atoms with Crippen LogP contribution in [0.5, 0.6) is 0 Å². The van der Waals surface area contributed by atoms with E-state index in [4.69, 9.17) is 9.47 Å². The number of halogens is 1. The molecule has 2 aromatic rings. The lowest BCUT2D eigenvalue weighted by Crippen LogP contribution is -2.40. The summed E-state index contributed by atoms with van der Waals surface area (Å²) < 4.78 is 12.5. The van der Waals surface area contributed by atoms with Gasteiger partial charge < -0.3 is 19.1 Å². The second-order valence-electron chi connectivity index (χ2n) is 7.19. The van der Waals surface area contributed by atoms with Crippen LogP contribution in [0.25, 0.3) is 17.0 Å². The Balaban J connectivity index is 1.74. The van der Waals surface area contributed by atoms with Crippen molar-refractivity contribution in [3.63, 3.8) is 0 Å². The lowest BCUT2D eigenvalue weighted by Gasteiger charge is -2.24. The number of aromatic nitrogens is 1. The number of benzene rings is 1. The summed E-state index contributed by atoms with van der Waals surface area (Å²) in [6.45, 7) is 1.45. The number of hydrogen-bond donors (Lipinski definition) is 1. The van der Waals surface area contributed by atoms with Crippen LogP contribution in [0.4, 0.5) is 0 Å². The Bertz CT molecular complexity index is 919. The van der Waals surface area contributed by atoms with Gasteiger partial charge in [-0.25, -0.2) is 4.79 Å². The smallest absolute Gasteiger partial charge is 0.334 e. The average Bonchev–Trinajstić information content (AvgIpc) is 3.20. The number of ether oxygens (including phenoxy) is 2. The Morgan fingerprint density at radius 2 is 2.25 bits per heavy atom. The predicted molar refractivity (Wildman–Crippen MR) is 115 cm³/mol. The molecular weight excluding hydrogens is 473 g/mol. The first-order chi connectivity index (χ1) is 13.4. The van der Waals surface area contributed by atoms with Gasteiger partial charge in [0.05, 0.1) is 6.61 Å². The minimum Gasteiger partial charge on any atom is -0.461 e. The first-order valence-electron chi connectivity index (χ1n) is 9.28. The van der Waals surface area contributed by atoms with Crippen molar-refractivity contribution in [2.75, 3.05) is 13.2 Å². The molecular formula is C21H24INO5. The van der Waals surface area contributed by atoms with Crippen LogP contribution >= 0.6 is 22.6 Å². The van der Waals surface area contributed by atoms with E-state index < -0.39 is 18.2 Å². The summed E-state index contributed by atoms with van der Waals surface area (Å²) in [4.78, 5) is 24.4. The van der Waals surface area contributed by atoms with Crippen LogP contribution < -0.4 is 0 Å². The molecule has 7 heteroatoms. The molecule has 0 saturated carbocycles. The zero-order valence-corrected chi connectivity index (χ0v) is 18.1. The molecule has 1 aromatic heterocycles. The van der Waals surface area contributed by atoms with Crippen LogP contribution in [0.1, 0.15) is 31.7 Å². The quantitative estimate of drug-likeness (QED) is 0.275. The maximum Gasteiger partial charge on any atom is 0.334 e. The molecule has 2 atom stereocenters. The van der Waals surface area contributed by atoms with E-state index >= 15 is 0 Å². The highest BCUT2D eigenvalue weighted by Gasteiger charge is 2.44. The fraction of sp³-hybridized carbons (Fsp3) is 0.429. The van der Waals surface area contributed by atoms with E-state index in [0.717, 1.165) is 29.3 Å². The molecule has 1 N–H and O–H groups in total. The molecule has 1 aliphatic heterocycles. The summed E-state index contributed by atoms with van der Waals surface area (Å²) in [5, 5.41) is 10.9. The van der Waals surface area contributed by atoms with Gasteiger partial charge in [-0.15, -0.1) is 0 Å². The van der Waals surface area contributed by atoms with Gasteiger partial charge in [0.2, 0.25) is 0 Å². The van der Waals surface area contributed by atoms with Gasteiger partial charge in [0.25, 0.3) is 0 Å². The molecule has 1 aromatic carbocycles. The zero-order valence-electron chi connectivity index (χ0n) is 16.0. The molecule has 0 aliphatic carbocycles. The molecule has 2 heterocycles.